The summed E-state index contributed by atoms with van der Waals surface area (Å²) in [6, 6.07) is 10.3. The molecule has 2 rings (SSSR count). The van der Waals surface area contributed by atoms with Gasteiger partial charge >= 0.3 is 6.18 Å². The third kappa shape index (κ3) is 3.29. The first-order chi connectivity index (χ1) is 9.38. The second kappa shape index (κ2) is 5.53. The van der Waals surface area contributed by atoms with E-state index in [1.807, 2.05) is 6.07 Å². The fourth-order valence-electron chi connectivity index (χ4n) is 1.81. The molecule has 0 radical (unpaired) electrons. The molecule has 0 bridgehead atoms. The van der Waals surface area contributed by atoms with Crippen LogP contribution in [-0.4, -0.2) is 0 Å². The van der Waals surface area contributed by atoms with Gasteiger partial charge in [0, 0.05) is 0 Å². The third-order valence-electron chi connectivity index (χ3n) is 2.78. The first-order valence-electron chi connectivity index (χ1n) is 5.92. The van der Waals surface area contributed by atoms with Crippen LogP contribution < -0.4 is 4.74 Å². The summed E-state index contributed by atoms with van der Waals surface area (Å²) in [6.07, 6.45) is -4.57. The lowest BCUT2D eigenvalue weighted by Gasteiger charge is -2.13. The topological polar surface area (TPSA) is 9.23 Å². The lowest BCUT2D eigenvalue weighted by Crippen LogP contribution is -2.07. The molecule has 0 unspecified atom stereocenters. The van der Waals surface area contributed by atoms with Crippen molar-refractivity contribution in [2.24, 2.45) is 0 Å². The first kappa shape index (κ1) is 14.4. The zero-order valence-electron chi connectivity index (χ0n) is 10.7. The quantitative estimate of drug-likeness (QED) is 0.740. The molecule has 5 heteroatoms. The van der Waals surface area contributed by atoms with E-state index < -0.39 is 17.6 Å². The summed E-state index contributed by atoms with van der Waals surface area (Å²) in [5.41, 5.74) is -0.0842. The Hall–Kier alpha value is -2.04. The molecular weight excluding hydrogens is 272 g/mol. The van der Waals surface area contributed by atoms with Crippen molar-refractivity contribution in [3.8, 4) is 5.75 Å². The molecular formula is C15H12F4O. The number of ether oxygens (including phenoxy) is 1. The molecule has 0 aromatic heterocycles. The number of aryl methyl sites for hydroxylation is 1. The van der Waals surface area contributed by atoms with Gasteiger partial charge in [-0.25, -0.2) is 4.39 Å². The monoisotopic (exact) mass is 284 g/mol. The molecule has 0 saturated heterocycles. The van der Waals surface area contributed by atoms with Crippen molar-refractivity contribution in [3.05, 3.63) is 65.0 Å². The highest BCUT2D eigenvalue weighted by atomic mass is 19.4. The van der Waals surface area contributed by atoms with Gasteiger partial charge in [-0.15, -0.1) is 0 Å². The summed E-state index contributed by atoms with van der Waals surface area (Å²) in [5, 5.41) is 0. The maximum Gasteiger partial charge on any atom is 0.416 e. The second-order valence-corrected chi connectivity index (χ2v) is 4.38. The Morgan fingerprint density at radius 3 is 2.25 bits per heavy atom. The summed E-state index contributed by atoms with van der Waals surface area (Å²) in [7, 11) is 0. The van der Waals surface area contributed by atoms with Crippen LogP contribution in [-0.2, 0) is 12.8 Å². The van der Waals surface area contributed by atoms with Gasteiger partial charge in [0.2, 0.25) is 0 Å². The molecule has 106 valence electrons. The molecule has 0 aliphatic heterocycles. The Morgan fingerprint density at radius 2 is 1.70 bits per heavy atom. The van der Waals surface area contributed by atoms with Crippen LogP contribution in [0.15, 0.2) is 42.5 Å². The summed E-state index contributed by atoms with van der Waals surface area (Å²) in [5.74, 6) is -1.16. The fraction of sp³-hybridized carbons (Fsp3) is 0.200. The Kier molecular flexibility index (Phi) is 3.97. The van der Waals surface area contributed by atoms with E-state index in [9.17, 15) is 17.6 Å². The Balaban J connectivity index is 2.21. The Labute approximate surface area is 113 Å². The Morgan fingerprint density at radius 1 is 1.05 bits per heavy atom. The van der Waals surface area contributed by atoms with E-state index in [2.05, 4.69) is 0 Å². The number of rotatable bonds is 3. The molecule has 0 aliphatic rings. The molecule has 1 nitrogen and oxygen atoms in total. The van der Waals surface area contributed by atoms with Crippen LogP contribution in [0.3, 0.4) is 0 Å². The standard InChI is InChI=1S/C15H12F4O/c1-10-7-12(15(17,18)19)8-13(16)14(10)20-9-11-5-3-2-4-6-11/h2-8H,9H2,1H3. The van der Waals surface area contributed by atoms with Crippen LogP contribution in [0.2, 0.25) is 0 Å². The number of alkyl halides is 3. The lowest BCUT2D eigenvalue weighted by atomic mass is 10.1. The van der Waals surface area contributed by atoms with Crippen molar-refractivity contribution in [2.45, 2.75) is 19.7 Å². The predicted octanol–water partition coefficient (Wildman–Crippen LogP) is 4.73. The fourth-order valence-corrected chi connectivity index (χ4v) is 1.81. The van der Waals surface area contributed by atoms with Crippen molar-refractivity contribution in [3.63, 3.8) is 0 Å². The lowest BCUT2D eigenvalue weighted by molar-refractivity contribution is -0.137. The molecule has 0 spiro atoms. The molecule has 2 aromatic carbocycles. The van der Waals surface area contributed by atoms with E-state index in [1.54, 1.807) is 24.3 Å². The third-order valence-corrected chi connectivity index (χ3v) is 2.78. The van der Waals surface area contributed by atoms with Gasteiger partial charge in [-0.2, -0.15) is 13.2 Å². The van der Waals surface area contributed by atoms with Crippen LogP contribution in [0.25, 0.3) is 0 Å². The molecule has 20 heavy (non-hydrogen) atoms. The molecule has 0 N–H and O–H groups in total. The molecule has 0 aliphatic carbocycles. The first-order valence-corrected chi connectivity index (χ1v) is 5.92. The number of hydrogen-bond donors (Lipinski definition) is 0. The van der Waals surface area contributed by atoms with Crippen molar-refractivity contribution >= 4 is 0 Å². The minimum absolute atomic E-state index is 0.101. The molecule has 0 saturated carbocycles. The average Bonchev–Trinajstić information content (AvgIpc) is 2.37. The smallest absolute Gasteiger partial charge is 0.416 e. The van der Waals surface area contributed by atoms with E-state index in [-0.39, 0.29) is 17.9 Å². The van der Waals surface area contributed by atoms with Gasteiger partial charge in [0.1, 0.15) is 6.61 Å². The van der Waals surface area contributed by atoms with Crippen molar-refractivity contribution in [1.82, 2.24) is 0 Å². The van der Waals surface area contributed by atoms with Crippen LogP contribution in [0.1, 0.15) is 16.7 Å². The molecule has 0 atom stereocenters. The van der Waals surface area contributed by atoms with Gasteiger partial charge in [-0.05, 0) is 30.2 Å². The van der Waals surface area contributed by atoms with E-state index in [4.69, 9.17) is 4.74 Å². The summed E-state index contributed by atoms with van der Waals surface area (Å²) >= 11 is 0. The van der Waals surface area contributed by atoms with Gasteiger partial charge in [0.25, 0.3) is 0 Å². The Bertz CT molecular complexity index is 568. The van der Waals surface area contributed by atoms with E-state index in [0.29, 0.717) is 6.07 Å². The van der Waals surface area contributed by atoms with E-state index >= 15 is 0 Å². The predicted molar refractivity (Wildman–Crippen MR) is 66.9 cm³/mol. The minimum Gasteiger partial charge on any atom is -0.486 e. The average molecular weight is 284 g/mol. The molecule has 0 fully saturated rings. The van der Waals surface area contributed by atoms with Crippen LogP contribution in [0.5, 0.6) is 5.75 Å². The van der Waals surface area contributed by atoms with E-state index in [1.165, 1.54) is 6.92 Å². The summed E-state index contributed by atoms with van der Waals surface area (Å²) < 4.78 is 56.6. The number of benzene rings is 2. The summed E-state index contributed by atoms with van der Waals surface area (Å²) in [6.45, 7) is 1.49. The van der Waals surface area contributed by atoms with Crippen molar-refractivity contribution in [1.29, 1.82) is 0 Å². The van der Waals surface area contributed by atoms with E-state index in [0.717, 1.165) is 11.6 Å². The second-order valence-electron chi connectivity index (χ2n) is 4.38. The molecule has 0 amide bonds. The van der Waals surface area contributed by atoms with Crippen molar-refractivity contribution < 1.29 is 22.3 Å². The zero-order valence-corrected chi connectivity index (χ0v) is 10.7. The van der Waals surface area contributed by atoms with Crippen LogP contribution in [0, 0.1) is 12.7 Å². The van der Waals surface area contributed by atoms with Crippen LogP contribution >= 0.6 is 0 Å². The highest BCUT2D eigenvalue weighted by Crippen LogP contribution is 2.34. The highest BCUT2D eigenvalue weighted by Gasteiger charge is 2.32. The SMILES string of the molecule is Cc1cc(C(F)(F)F)cc(F)c1OCc1ccccc1. The van der Waals surface area contributed by atoms with Crippen LogP contribution in [0.4, 0.5) is 17.6 Å². The largest absolute Gasteiger partial charge is 0.486 e. The van der Waals surface area contributed by atoms with Gasteiger partial charge in [-0.1, -0.05) is 30.3 Å². The zero-order chi connectivity index (χ0) is 14.8. The molecule has 2 aromatic rings. The highest BCUT2D eigenvalue weighted by molar-refractivity contribution is 5.39. The number of hydrogen-bond acceptors (Lipinski definition) is 1. The maximum atomic E-state index is 13.7. The number of halogens is 4. The normalized spacial score (nSPS) is 11.4. The van der Waals surface area contributed by atoms with Gasteiger partial charge in [0.15, 0.2) is 11.6 Å². The van der Waals surface area contributed by atoms with Gasteiger partial charge < -0.3 is 4.74 Å². The molecule has 0 heterocycles. The minimum atomic E-state index is -4.57. The van der Waals surface area contributed by atoms with Crippen molar-refractivity contribution in [2.75, 3.05) is 0 Å². The summed E-state index contributed by atoms with van der Waals surface area (Å²) in [4.78, 5) is 0. The maximum absolute atomic E-state index is 13.7. The van der Waals surface area contributed by atoms with Gasteiger partial charge in [0.05, 0.1) is 5.56 Å². The van der Waals surface area contributed by atoms with Gasteiger partial charge in [-0.3, -0.25) is 0 Å².